The summed E-state index contributed by atoms with van der Waals surface area (Å²) < 4.78 is 5.25. The van der Waals surface area contributed by atoms with E-state index in [1.807, 2.05) is 0 Å². The van der Waals surface area contributed by atoms with Crippen molar-refractivity contribution in [3.8, 4) is 0 Å². The van der Waals surface area contributed by atoms with Gasteiger partial charge >= 0.3 is 0 Å². The van der Waals surface area contributed by atoms with E-state index < -0.39 is 0 Å². The molecule has 1 heterocycles. The topological polar surface area (TPSA) is 79.5 Å². The van der Waals surface area contributed by atoms with E-state index in [2.05, 4.69) is 16.0 Å². The summed E-state index contributed by atoms with van der Waals surface area (Å²) in [6, 6.07) is 6.71. The zero-order valence-corrected chi connectivity index (χ0v) is 11.4. The van der Waals surface area contributed by atoms with Gasteiger partial charge in [0.05, 0.1) is 13.2 Å². The van der Waals surface area contributed by atoms with Gasteiger partial charge in [-0.3, -0.25) is 9.59 Å². The lowest BCUT2D eigenvalue weighted by molar-refractivity contribution is -0.120. The van der Waals surface area contributed by atoms with Crippen molar-refractivity contribution < 1.29 is 14.3 Å². The number of hydrogen-bond acceptors (Lipinski definition) is 4. The Labute approximate surface area is 117 Å². The second kappa shape index (κ2) is 7.02. The minimum atomic E-state index is -0.316. The Hall–Kier alpha value is -1.92. The van der Waals surface area contributed by atoms with E-state index in [1.165, 1.54) is 0 Å². The second-order valence-electron chi connectivity index (χ2n) is 4.55. The van der Waals surface area contributed by atoms with E-state index in [4.69, 9.17) is 4.74 Å². The first-order valence-corrected chi connectivity index (χ1v) is 6.71. The van der Waals surface area contributed by atoms with Crippen molar-refractivity contribution in [2.75, 3.05) is 30.4 Å². The van der Waals surface area contributed by atoms with Gasteiger partial charge in [-0.05, 0) is 24.3 Å². The molecular formula is C14H19N3O3. The number of anilines is 2. The maximum Gasteiger partial charge on any atom is 0.243 e. The SMILES string of the molecule is CCC(=O)Nc1ccc(NC(=O)C2COCCN2)cc1. The molecule has 0 saturated carbocycles. The fourth-order valence-corrected chi connectivity index (χ4v) is 1.85. The Balaban J connectivity index is 1.89. The summed E-state index contributed by atoms with van der Waals surface area (Å²) in [5.41, 5.74) is 1.41. The van der Waals surface area contributed by atoms with Gasteiger partial charge in [0.15, 0.2) is 0 Å². The standard InChI is InChI=1S/C14H19N3O3/c1-2-13(18)16-10-3-5-11(6-4-10)17-14(19)12-9-20-8-7-15-12/h3-6,12,15H,2,7-9H2,1H3,(H,16,18)(H,17,19). The zero-order valence-electron chi connectivity index (χ0n) is 11.4. The van der Waals surface area contributed by atoms with Crippen molar-refractivity contribution in [2.45, 2.75) is 19.4 Å². The number of amides is 2. The largest absolute Gasteiger partial charge is 0.378 e. The van der Waals surface area contributed by atoms with Crippen molar-refractivity contribution in [3.63, 3.8) is 0 Å². The molecule has 6 nitrogen and oxygen atoms in total. The van der Waals surface area contributed by atoms with Gasteiger partial charge in [-0.2, -0.15) is 0 Å². The molecule has 2 amide bonds. The average molecular weight is 277 g/mol. The highest BCUT2D eigenvalue weighted by Crippen LogP contribution is 2.14. The molecule has 0 aromatic heterocycles. The number of benzene rings is 1. The lowest BCUT2D eigenvalue weighted by Gasteiger charge is -2.22. The number of carbonyl (C=O) groups excluding carboxylic acids is 2. The average Bonchev–Trinajstić information content (AvgIpc) is 2.50. The van der Waals surface area contributed by atoms with Gasteiger partial charge in [-0.25, -0.2) is 0 Å². The smallest absolute Gasteiger partial charge is 0.243 e. The number of carbonyl (C=O) groups is 2. The van der Waals surface area contributed by atoms with Crippen molar-refractivity contribution in [1.82, 2.24) is 5.32 Å². The maximum absolute atomic E-state index is 12.0. The Morgan fingerprint density at radius 2 is 1.90 bits per heavy atom. The van der Waals surface area contributed by atoms with Gasteiger partial charge in [0, 0.05) is 24.3 Å². The molecule has 0 aliphatic carbocycles. The van der Waals surface area contributed by atoms with E-state index in [1.54, 1.807) is 31.2 Å². The minimum absolute atomic E-state index is 0.0367. The van der Waals surface area contributed by atoms with Crippen LogP contribution in [-0.4, -0.2) is 37.6 Å². The highest BCUT2D eigenvalue weighted by Gasteiger charge is 2.20. The molecule has 0 bridgehead atoms. The normalized spacial score (nSPS) is 18.4. The van der Waals surface area contributed by atoms with Crippen LogP contribution < -0.4 is 16.0 Å². The van der Waals surface area contributed by atoms with Crippen LogP contribution in [-0.2, 0) is 14.3 Å². The molecule has 1 aromatic carbocycles. The predicted octanol–water partition coefficient (Wildman–Crippen LogP) is 0.962. The summed E-state index contributed by atoms with van der Waals surface area (Å²) in [5, 5.41) is 8.65. The Morgan fingerprint density at radius 3 is 2.45 bits per heavy atom. The highest BCUT2D eigenvalue weighted by molar-refractivity contribution is 5.95. The third-order valence-electron chi connectivity index (χ3n) is 3.00. The molecule has 1 aromatic rings. The predicted molar refractivity (Wildman–Crippen MR) is 76.6 cm³/mol. The highest BCUT2D eigenvalue weighted by atomic mass is 16.5. The number of nitrogens with one attached hydrogen (secondary N) is 3. The molecule has 1 aliphatic heterocycles. The van der Waals surface area contributed by atoms with Crippen LogP contribution in [0.3, 0.4) is 0 Å². The molecule has 0 spiro atoms. The fourth-order valence-electron chi connectivity index (χ4n) is 1.85. The molecule has 1 aliphatic rings. The molecule has 20 heavy (non-hydrogen) atoms. The van der Waals surface area contributed by atoms with Crippen LogP contribution in [0.25, 0.3) is 0 Å². The molecular weight excluding hydrogens is 258 g/mol. The Kier molecular flexibility index (Phi) is 5.09. The van der Waals surface area contributed by atoms with Crippen molar-refractivity contribution in [1.29, 1.82) is 0 Å². The van der Waals surface area contributed by atoms with Crippen molar-refractivity contribution in [3.05, 3.63) is 24.3 Å². The fraction of sp³-hybridized carbons (Fsp3) is 0.429. The maximum atomic E-state index is 12.0. The zero-order chi connectivity index (χ0) is 14.4. The molecule has 1 fully saturated rings. The number of ether oxygens (including phenoxy) is 1. The van der Waals surface area contributed by atoms with E-state index >= 15 is 0 Å². The van der Waals surface area contributed by atoms with E-state index in [0.717, 1.165) is 0 Å². The van der Waals surface area contributed by atoms with Gasteiger partial charge < -0.3 is 20.7 Å². The van der Waals surface area contributed by atoms with Crippen LogP contribution >= 0.6 is 0 Å². The number of rotatable bonds is 4. The quantitative estimate of drug-likeness (QED) is 0.766. The second-order valence-corrected chi connectivity index (χ2v) is 4.55. The molecule has 1 unspecified atom stereocenters. The molecule has 6 heteroatoms. The van der Waals surface area contributed by atoms with Crippen LogP contribution in [0.15, 0.2) is 24.3 Å². The first-order chi connectivity index (χ1) is 9.69. The van der Waals surface area contributed by atoms with Crippen LogP contribution in [0, 0.1) is 0 Å². The van der Waals surface area contributed by atoms with Crippen LogP contribution in [0.2, 0.25) is 0 Å². The Morgan fingerprint density at radius 1 is 1.25 bits per heavy atom. The van der Waals surface area contributed by atoms with Crippen LogP contribution in [0.1, 0.15) is 13.3 Å². The molecule has 108 valence electrons. The molecule has 1 saturated heterocycles. The summed E-state index contributed by atoms with van der Waals surface area (Å²) >= 11 is 0. The Bertz CT molecular complexity index is 467. The van der Waals surface area contributed by atoms with Gasteiger partial charge in [-0.1, -0.05) is 6.92 Å². The molecule has 1 atom stereocenters. The first kappa shape index (κ1) is 14.5. The molecule has 2 rings (SSSR count). The van der Waals surface area contributed by atoms with Crippen LogP contribution in [0.5, 0.6) is 0 Å². The third kappa shape index (κ3) is 4.04. The monoisotopic (exact) mass is 277 g/mol. The van der Waals surface area contributed by atoms with E-state index in [-0.39, 0.29) is 17.9 Å². The first-order valence-electron chi connectivity index (χ1n) is 6.71. The van der Waals surface area contributed by atoms with E-state index in [9.17, 15) is 9.59 Å². The molecule has 0 radical (unpaired) electrons. The third-order valence-corrected chi connectivity index (χ3v) is 3.00. The lowest BCUT2D eigenvalue weighted by Crippen LogP contribution is -2.48. The van der Waals surface area contributed by atoms with Crippen LogP contribution in [0.4, 0.5) is 11.4 Å². The van der Waals surface area contributed by atoms with Crippen molar-refractivity contribution in [2.24, 2.45) is 0 Å². The summed E-state index contributed by atoms with van der Waals surface area (Å²) in [6.45, 7) is 3.50. The van der Waals surface area contributed by atoms with Gasteiger partial charge in [0.25, 0.3) is 0 Å². The van der Waals surface area contributed by atoms with Gasteiger partial charge in [0.1, 0.15) is 6.04 Å². The lowest BCUT2D eigenvalue weighted by atomic mass is 10.2. The van der Waals surface area contributed by atoms with Gasteiger partial charge in [0.2, 0.25) is 11.8 Å². The summed E-state index contributed by atoms with van der Waals surface area (Å²) in [4.78, 5) is 23.2. The van der Waals surface area contributed by atoms with Gasteiger partial charge in [-0.15, -0.1) is 0 Å². The number of morpholine rings is 1. The minimum Gasteiger partial charge on any atom is -0.378 e. The molecule has 3 N–H and O–H groups in total. The van der Waals surface area contributed by atoms with E-state index in [0.29, 0.717) is 37.6 Å². The summed E-state index contributed by atoms with van der Waals surface area (Å²) in [5.74, 6) is -0.152. The van der Waals surface area contributed by atoms with Crippen molar-refractivity contribution >= 4 is 23.2 Å². The summed E-state index contributed by atoms with van der Waals surface area (Å²) in [7, 11) is 0. The summed E-state index contributed by atoms with van der Waals surface area (Å²) in [6.07, 6.45) is 0.436. The number of hydrogen-bond donors (Lipinski definition) is 3.